The molecule has 88 valence electrons. The van der Waals surface area contributed by atoms with Gasteiger partial charge in [0.15, 0.2) is 0 Å². The standard InChI is InChI=1S/C12H20N4/c1-9(2)12-14-7-5-11(16-12)15-8-10-4-3-6-13-10/h5,7,9-10,13H,3-4,6,8H2,1-2H3,(H,14,15,16). The molecule has 1 aliphatic heterocycles. The summed E-state index contributed by atoms with van der Waals surface area (Å²) in [5.41, 5.74) is 0. The lowest BCUT2D eigenvalue weighted by molar-refractivity contribution is 0.631. The molecule has 0 amide bonds. The molecule has 0 spiro atoms. The normalized spacial score (nSPS) is 20.3. The summed E-state index contributed by atoms with van der Waals surface area (Å²) in [5, 5.41) is 6.83. The van der Waals surface area contributed by atoms with Gasteiger partial charge in [-0.3, -0.25) is 0 Å². The van der Waals surface area contributed by atoms with E-state index in [9.17, 15) is 0 Å². The Labute approximate surface area is 96.9 Å². The molecule has 1 atom stereocenters. The lowest BCUT2D eigenvalue weighted by Crippen LogP contribution is -2.29. The molecule has 2 heterocycles. The van der Waals surface area contributed by atoms with Crippen LogP contribution in [0.25, 0.3) is 0 Å². The monoisotopic (exact) mass is 220 g/mol. The SMILES string of the molecule is CC(C)c1nccc(NCC2CCCN2)n1. The summed E-state index contributed by atoms with van der Waals surface area (Å²) in [6.45, 7) is 6.32. The van der Waals surface area contributed by atoms with Crippen LogP contribution in [0.15, 0.2) is 12.3 Å². The van der Waals surface area contributed by atoms with E-state index in [1.54, 1.807) is 0 Å². The van der Waals surface area contributed by atoms with E-state index in [0.29, 0.717) is 12.0 Å². The fraction of sp³-hybridized carbons (Fsp3) is 0.667. The van der Waals surface area contributed by atoms with Gasteiger partial charge in [-0.2, -0.15) is 0 Å². The predicted octanol–water partition coefficient (Wildman–Crippen LogP) is 1.76. The molecular weight excluding hydrogens is 200 g/mol. The van der Waals surface area contributed by atoms with Crippen LogP contribution >= 0.6 is 0 Å². The molecule has 1 fully saturated rings. The van der Waals surface area contributed by atoms with Gasteiger partial charge in [0.25, 0.3) is 0 Å². The van der Waals surface area contributed by atoms with Gasteiger partial charge in [0, 0.05) is 24.7 Å². The van der Waals surface area contributed by atoms with Crippen molar-refractivity contribution in [3.8, 4) is 0 Å². The average Bonchev–Trinajstić information content (AvgIpc) is 2.79. The molecular formula is C12H20N4. The Kier molecular flexibility index (Phi) is 3.72. The van der Waals surface area contributed by atoms with Crippen LogP contribution in [0.2, 0.25) is 0 Å². The summed E-state index contributed by atoms with van der Waals surface area (Å²) in [5.74, 6) is 2.23. The molecule has 1 unspecified atom stereocenters. The molecule has 0 saturated carbocycles. The van der Waals surface area contributed by atoms with Gasteiger partial charge in [0.05, 0.1) is 0 Å². The van der Waals surface area contributed by atoms with E-state index < -0.39 is 0 Å². The first kappa shape index (κ1) is 11.3. The van der Waals surface area contributed by atoms with E-state index in [-0.39, 0.29) is 0 Å². The molecule has 0 aliphatic carbocycles. The Morgan fingerprint density at radius 1 is 1.56 bits per heavy atom. The fourth-order valence-electron chi connectivity index (χ4n) is 1.91. The highest BCUT2D eigenvalue weighted by Gasteiger charge is 2.13. The Hall–Kier alpha value is -1.16. The van der Waals surface area contributed by atoms with Gasteiger partial charge in [-0.25, -0.2) is 9.97 Å². The van der Waals surface area contributed by atoms with Crippen molar-refractivity contribution >= 4 is 5.82 Å². The number of anilines is 1. The Morgan fingerprint density at radius 2 is 2.44 bits per heavy atom. The topological polar surface area (TPSA) is 49.8 Å². The molecule has 1 aliphatic rings. The van der Waals surface area contributed by atoms with Crippen molar-refractivity contribution in [3.63, 3.8) is 0 Å². The summed E-state index contributed by atoms with van der Waals surface area (Å²) in [7, 11) is 0. The second-order valence-electron chi connectivity index (χ2n) is 4.63. The van der Waals surface area contributed by atoms with Crippen molar-refractivity contribution in [2.45, 2.75) is 38.6 Å². The zero-order valence-electron chi connectivity index (χ0n) is 10.0. The maximum absolute atomic E-state index is 4.48. The number of hydrogen-bond acceptors (Lipinski definition) is 4. The van der Waals surface area contributed by atoms with Crippen molar-refractivity contribution < 1.29 is 0 Å². The average molecular weight is 220 g/mol. The summed E-state index contributed by atoms with van der Waals surface area (Å²) in [4.78, 5) is 8.74. The lowest BCUT2D eigenvalue weighted by Gasteiger charge is -2.12. The van der Waals surface area contributed by atoms with Crippen LogP contribution in [0.4, 0.5) is 5.82 Å². The summed E-state index contributed by atoms with van der Waals surface area (Å²) >= 11 is 0. The van der Waals surface area contributed by atoms with Crippen LogP contribution in [-0.4, -0.2) is 29.1 Å². The molecule has 4 heteroatoms. The molecule has 16 heavy (non-hydrogen) atoms. The zero-order chi connectivity index (χ0) is 11.4. The van der Waals surface area contributed by atoms with Crippen LogP contribution in [0.1, 0.15) is 38.4 Å². The predicted molar refractivity (Wildman–Crippen MR) is 65.6 cm³/mol. The summed E-state index contributed by atoms with van der Waals surface area (Å²) < 4.78 is 0. The van der Waals surface area contributed by atoms with Gasteiger partial charge in [0.2, 0.25) is 0 Å². The van der Waals surface area contributed by atoms with Crippen LogP contribution in [0.5, 0.6) is 0 Å². The third-order valence-electron chi connectivity index (χ3n) is 2.88. The maximum Gasteiger partial charge on any atom is 0.133 e. The van der Waals surface area contributed by atoms with Gasteiger partial charge in [0.1, 0.15) is 11.6 Å². The van der Waals surface area contributed by atoms with E-state index in [2.05, 4.69) is 34.4 Å². The Morgan fingerprint density at radius 3 is 3.12 bits per heavy atom. The number of nitrogens with one attached hydrogen (secondary N) is 2. The Bertz CT molecular complexity index is 332. The summed E-state index contributed by atoms with van der Waals surface area (Å²) in [6.07, 6.45) is 4.37. The van der Waals surface area contributed by atoms with Gasteiger partial charge in [-0.15, -0.1) is 0 Å². The van der Waals surface area contributed by atoms with E-state index in [1.807, 2.05) is 12.3 Å². The molecule has 1 aromatic heterocycles. The highest BCUT2D eigenvalue weighted by Crippen LogP contribution is 2.11. The maximum atomic E-state index is 4.48. The van der Waals surface area contributed by atoms with Crippen LogP contribution in [-0.2, 0) is 0 Å². The van der Waals surface area contributed by atoms with E-state index in [1.165, 1.54) is 12.8 Å². The number of aromatic nitrogens is 2. The van der Waals surface area contributed by atoms with E-state index in [4.69, 9.17) is 0 Å². The van der Waals surface area contributed by atoms with Gasteiger partial charge in [-0.1, -0.05) is 13.8 Å². The fourth-order valence-corrected chi connectivity index (χ4v) is 1.91. The lowest BCUT2D eigenvalue weighted by atomic mass is 10.2. The molecule has 4 nitrogen and oxygen atoms in total. The first-order valence-corrected chi connectivity index (χ1v) is 6.06. The first-order chi connectivity index (χ1) is 7.75. The molecule has 2 rings (SSSR count). The van der Waals surface area contributed by atoms with Crippen LogP contribution < -0.4 is 10.6 Å². The summed E-state index contributed by atoms with van der Waals surface area (Å²) in [6, 6.07) is 2.53. The minimum absolute atomic E-state index is 0.381. The van der Waals surface area contributed by atoms with Gasteiger partial charge in [-0.05, 0) is 25.5 Å². The van der Waals surface area contributed by atoms with Crippen molar-refractivity contribution in [1.29, 1.82) is 0 Å². The second-order valence-corrected chi connectivity index (χ2v) is 4.63. The molecule has 0 radical (unpaired) electrons. The second kappa shape index (κ2) is 5.25. The number of rotatable bonds is 4. The minimum Gasteiger partial charge on any atom is -0.368 e. The highest BCUT2D eigenvalue weighted by molar-refractivity contribution is 5.33. The first-order valence-electron chi connectivity index (χ1n) is 6.06. The van der Waals surface area contributed by atoms with Gasteiger partial charge >= 0.3 is 0 Å². The third kappa shape index (κ3) is 2.92. The van der Waals surface area contributed by atoms with Crippen LogP contribution in [0.3, 0.4) is 0 Å². The molecule has 1 aromatic rings. The molecule has 0 bridgehead atoms. The minimum atomic E-state index is 0.381. The van der Waals surface area contributed by atoms with Crippen LogP contribution in [0, 0.1) is 0 Å². The largest absolute Gasteiger partial charge is 0.368 e. The van der Waals surface area contributed by atoms with E-state index in [0.717, 1.165) is 24.7 Å². The third-order valence-corrected chi connectivity index (χ3v) is 2.88. The van der Waals surface area contributed by atoms with Crippen molar-refractivity contribution in [2.75, 3.05) is 18.4 Å². The van der Waals surface area contributed by atoms with E-state index >= 15 is 0 Å². The molecule has 2 N–H and O–H groups in total. The van der Waals surface area contributed by atoms with Crippen molar-refractivity contribution in [2.24, 2.45) is 0 Å². The highest BCUT2D eigenvalue weighted by atomic mass is 15.1. The van der Waals surface area contributed by atoms with Crippen molar-refractivity contribution in [1.82, 2.24) is 15.3 Å². The molecule has 0 aromatic carbocycles. The number of hydrogen-bond donors (Lipinski definition) is 2. The zero-order valence-corrected chi connectivity index (χ0v) is 10.0. The number of nitrogens with zero attached hydrogens (tertiary/aromatic N) is 2. The molecule has 1 saturated heterocycles. The smallest absolute Gasteiger partial charge is 0.133 e. The van der Waals surface area contributed by atoms with Crippen molar-refractivity contribution in [3.05, 3.63) is 18.1 Å². The van der Waals surface area contributed by atoms with Gasteiger partial charge < -0.3 is 10.6 Å². The Balaban J connectivity index is 1.90. The quantitative estimate of drug-likeness (QED) is 0.812.